The Balaban J connectivity index is 2.05. The average molecular weight is 315 g/mol. The molecule has 2 heterocycles. The highest BCUT2D eigenvalue weighted by Crippen LogP contribution is 2.40. The fourth-order valence-corrected chi connectivity index (χ4v) is 2.95. The number of anilines is 1. The van der Waals surface area contributed by atoms with Crippen molar-refractivity contribution in [3.05, 3.63) is 35.5 Å². The standard InChI is InChI=1S/C17H21N3O3/c1-4-23-15-7-11(5-6-14(15)21)12-8-16(22)19-17-13(12)9-18-20(17)10(2)3/h5-7,9-10,12,21H,4,8H2,1-3H3,(H,19,22). The Kier molecular flexibility index (Phi) is 3.98. The fraction of sp³-hybridized carbons (Fsp3) is 0.412. The minimum atomic E-state index is -0.0916. The van der Waals surface area contributed by atoms with Gasteiger partial charge in [-0.3, -0.25) is 4.79 Å². The molecule has 0 radical (unpaired) electrons. The molecule has 122 valence electrons. The lowest BCUT2D eigenvalue weighted by atomic mass is 9.87. The third kappa shape index (κ3) is 2.76. The molecule has 6 nitrogen and oxygen atoms in total. The van der Waals surface area contributed by atoms with Crippen LogP contribution in [0.15, 0.2) is 24.4 Å². The van der Waals surface area contributed by atoms with E-state index in [-0.39, 0.29) is 23.6 Å². The summed E-state index contributed by atoms with van der Waals surface area (Å²) in [6.45, 7) is 6.39. The van der Waals surface area contributed by atoms with Crippen molar-refractivity contribution in [2.45, 2.75) is 39.2 Å². The molecule has 0 fully saturated rings. The van der Waals surface area contributed by atoms with Crippen LogP contribution < -0.4 is 10.1 Å². The molecule has 0 aliphatic carbocycles. The first-order valence-corrected chi connectivity index (χ1v) is 7.84. The first-order valence-electron chi connectivity index (χ1n) is 7.84. The van der Waals surface area contributed by atoms with Gasteiger partial charge in [0.15, 0.2) is 11.5 Å². The van der Waals surface area contributed by atoms with Gasteiger partial charge < -0.3 is 15.2 Å². The van der Waals surface area contributed by atoms with Gasteiger partial charge in [-0.2, -0.15) is 5.10 Å². The molecule has 23 heavy (non-hydrogen) atoms. The lowest BCUT2D eigenvalue weighted by Crippen LogP contribution is -2.25. The predicted octanol–water partition coefficient (Wildman–Crippen LogP) is 3.04. The normalized spacial score (nSPS) is 17.0. The third-order valence-electron chi connectivity index (χ3n) is 4.02. The molecule has 2 N–H and O–H groups in total. The van der Waals surface area contributed by atoms with Gasteiger partial charge in [-0.05, 0) is 38.5 Å². The van der Waals surface area contributed by atoms with Crippen molar-refractivity contribution >= 4 is 11.7 Å². The zero-order valence-corrected chi connectivity index (χ0v) is 13.5. The number of carbonyl (C=O) groups excluding carboxylic acids is 1. The maximum absolute atomic E-state index is 12.1. The number of amides is 1. The van der Waals surface area contributed by atoms with Crippen molar-refractivity contribution in [3.8, 4) is 11.5 Å². The lowest BCUT2D eigenvalue weighted by molar-refractivity contribution is -0.116. The van der Waals surface area contributed by atoms with Crippen LogP contribution in [-0.4, -0.2) is 27.4 Å². The van der Waals surface area contributed by atoms with E-state index < -0.39 is 0 Å². The maximum atomic E-state index is 12.1. The predicted molar refractivity (Wildman–Crippen MR) is 87.0 cm³/mol. The summed E-state index contributed by atoms with van der Waals surface area (Å²) in [6.07, 6.45) is 2.17. The number of aromatic nitrogens is 2. The van der Waals surface area contributed by atoms with E-state index in [4.69, 9.17) is 4.74 Å². The van der Waals surface area contributed by atoms with E-state index in [0.717, 1.165) is 16.9 Å². The topological polar surface area (TPSA) is 76.4 Å². The SMILES string of the molecule is CCOc1cc(C2CC(=O)Nc3c2cnn3C(C)C)ccc1O. The Bertz CT molecular complexity index is 737. The average Bonchev–Trinajstić information content (AvgIpc) is 2.92. The molecule has 0 saturated heterocycles. The van der Waals surface area contributed by atoms with E-state index in [2.05, 4.69) is 10.4 Å². The second-order valence-corrected chi connectivity index (χ2v) is 5.95. The monoisotopic (exact) mass is 315 g/mol. The number of benzene rings is 1. The van der Waals surface area contributed by atoms with Gasteiger partial charge in [0.05, 0.1) is 12.8 Å². The molecule has 1 atom stereocenters. The van der Waals surface area contributed by atoms with Crippen LogP contribution in [0.3, 0.4) is 0 Å². The van der Waals surface area contributed by atoms with Crippen LogP contribution in [0.2, 0.25) is 0 Å². The van der Waals surface area contributed by atoms with Gasteiger partial charge in [0.25, 0.3) is 0 Å². The van der Waals surface area contributed by atoms with Crippen LogP contribution in [0.4, 0.5) is 5.82 Å². The highest BCUT2D eigenvalue weighted by atomic mass is 16.5. The molecular weight excluding hydrogens is 294 g/mol. The highest BCUT2D eigenvalue weighted by molar-refractivity contribution is 5.94. The number of hydrogen-bond acceptors (Lipinski definition) is 4. The molecule has 1 amide bonds. The second-order valence-electron chi connectivity index (χ2n) is 5.95. The van der Waals surface area contributed by atoms with Gasteiger partial charge in [0.1, 0.15) is 5.82 Å². The van der Waals surface area contributed by atoms with Gasteiger partial charge in [-0.15, -0.1) is 0 Å². The molecule has 1 aliphatic rings. The molecule has 3 rings (SSSR count). The van der Waals surface area contributed by atoms with E-state index in [1.165, 1.54) is 0 Å². The molecule has 0 bridgehead atoms. The molecule has 6 heteroatoms. The van der Waals surface area contributed by atoms with Gasteiger partial charge in [-0.1, -0.05) is 6.07 Å². The highest BCUT2D eigenvalue weighted by Gasteiger charge is 2.30. The van der Waals surface area contributed by atoms with E-state index >= 15 is 0 Å². The van der Waals surface area contributed by atoms with Gasteiger partial charge in [0, 0.05) is 23.9 Å². The number of carbonyl (C=O) groups is 1. The number of nitrogens with one attached hydrogen (secondary N) is 1. The molecule has 0 spiro atoms. The smallest absolute Gasteiger partial charge is 0.226 e. The summed E-state index contributed by atoms with van der Waals surface area (Å²) in [5.41, 5.74) is 1.93. The Morgan fingerprint density at radius 1 is 1.48 bits per heavy atom. The number of nitrogens with zero attached hydrogens (tertiary/aromatic N) is 2. The number of phenols is 1. The van der Waals surface area contributed by atoms with Gasteiger partial charge in [-0.25, -0.2) is 4.68 Å². The van der Waals surface area contributed by atoms with E-state index in [0.29, 0.717) is 18.8 Å². The summed E-state index contributed by atoms with van der Waals surface area (Å²) in [7, 11) is 0. The number of phenolic OH excluding ortho intramolecular Hbond substituents is 1. The first-order chi connectivity index (χ1) is 11.0. The number of rotatable bonds is 4. The summed E-state index contributed by atoms with van der Waals surface area (Å²) in [4.78, 5) is 12.1. The summed E-state index contributed by atoms with van der Waals surface area (Å²) in [6, 6.07) is 5.41. The molecule has 1 unspecified atom stereocenters. The number of ether oxygens (including phenoxy) is 1. The molecule has 1 aromatic heterocycles. The van der Waals surface area contributed by atoms with E-state index in [9.17, 15) is 9.90 Å². The van der Waals surface area contributed by atoms with Crippen LogP contribution in [-0.2, 0) is 4.79 Å². The Labute approximate surface area is 135 Å². The minimum absolute atomic E-state index is 0.0315. The molecule has 1 aliphatic heterocycles. The van der Waals surface area contributed by atoms with Crippen LogP contribution in [0.25, 0.3) is 0 Å². The summed E-state index contributed by atoms with van der Waals surface area (Å²) < 4.78 is 7.28. The minimum Gasteiger partial charge on any atom is -0.504 e. The van der Waals surface area contributed by atoms with Crippen molar-refractivity contribution in [2.24, 2.45) is 0 Å². The maximum Gasteiger partial charge on any atom is 0.226 e. The molecule has 0 saturated carbocycles. The van der Waals surface area contributed by atoms with Crippen molar-refractivity contribution in [1.29, 1.82) is 0 Å². The van der Waals surface area contributed by atoms with E-state index in [1.807, 2.05) is 37.7 Å². The molecule has 1 aromatic carbocycles. The van der Waals surface area contributed by atoms with Crippen molar-refractivity contribution < 1.29 is 14.6 Å². The quantitative estimate of drug-likeness (QED) is 0.909. The Hall–Kier alpha value is -2.50. The summed E-state index contributed by atoms with van der Waals surface area (Å²) in [5.74, 6) is 1.18. The lowest BCUT2D eigenvalue weighted by Gasteiger charge is -2.25. The van der Waals surface area contributed by atoms with Crippen LogP contribution >= 0.6 is 0 Å². The van der Waals surface area contributed by atoms with Gasteiger partial charge >= 0.3 is 0 Å². The number of hydrogen-bond donors (Lipinski definition) is 2. The third-order valence-corrected chi connectivity index (χ3v) is 4.02. The van der Waals surface area contributed by atoms with E-state index in [1.54, 1.807) is 12.1 Å². The number of fused-ring (bicyclic) bond motifs is 1. The summed E-state index contributed by atoms with van der Waals surface area (Å²) >= 11 is 0. The molecular formula is C17H21N3O3. The van der Waals surface area contributed by atoms with Gasteiger partial charge in [0.2, 0.25) is 5.91 Å². The van der Waals surface area contributed by atoms with Crippen LogP contribution in [0.5, 0.6) is 11.5 Å². The fourth-order valence-electron chi connectivity index (χ4n) is 2.95. The van der Waals surface area contributed by atoms with Crippen molar-refractivity contribution in [3.63, 3.8) is 0 Å². The van der Waals surface area contributed by atoms with Crippen LogP contribution in [0.1, 0.15) is 50.3 Å². The summed E-state index contributed by atoms with van der Waals surface area (Å²) in [5, 5.41) is 17.2. The largest absolute Gasteiger partial charge is 0.504 e. The zero-order valence-electron chi connectivity index (χ0n) is 13.5. The van der Waals surface area contributed by atoms with Crippen molar-refractivity contribution in [2.75, 3.05) is 11.9 Å². The zero-order chi connectivity index (χ0) is 16.6. The second kappa shape index (κ2) is 5.95. The first kappa shape index (κ1) is 15.4. The molecule has 2 aromatic rings. The Morgan fingerprint density at radius 2 is 2.26 bits per heavy atom. The number of aromatic hydroxyl groups is 1. The Morgan fingerprint density at radius 3 is 2.96 bits per heavy atom. The van der Waals surface area contributed by atoms with Crippen LogP contribution in [0, 0.1) is 0 Å². The van der Waals surface area contributed by atoms with Crippen molar-refractivity contribution in [1.82, 2.24) is 9.78 Å².